The highest BCUT2D eigenvalue weighted by molar-refractivity contribution is 6.05. The Morgan fingerprint density at radius 1 is 1.00 bits per heavy atom. The number of hydrogen-bond donors (Lipinski definition) is 2. The molecule has 0 heterocycles. The third-order valence-electron chi connectivity index (χ3n) is 3.04. The van der Waals surface area contributed by atoms with E-state index in [-0.39, 0.29) is 11.5 Å². The topological polar surface area (TPSA) is 66.4 Å². The van der Waals surface area contributed by atoms with E-state index in [0.717, 1.165) is 17.7 Å². The zero-order valence-electron chi connectivity index (χ0n) is 11.1. The van der Waals surface area contributed by atoms with Crippen molar-refractivity contribution in [2.45, 2.75) is 13.3 Å². The molecule has 0 aliphatic carbocycles. The van der Waals surface area contributed by atoms with Gasteiger partial charge in [0.05, 0.1) is 5.56 Å². The van der Waals surface area contributed by atoms with Gasteiger partial charge in [-0.1, -0.05) is 25.1 Å². The largest absolute Gasteiger partial charge is 0.478 e. The molecule has 2 N–H and O–H groups in total. The number of aromatic carboxylic acids is 1. The van der Waals surface area contributed by atoms with Crippen molar-refractivity contribution < 1.29 is 14.7 Å². The number of carboxylic acids is 1. The van der Waals surface area contributed by atoms with E-state index in [1.54, 1.807) is 0 Å². The molecule has 2 aromatic carbocycles. The van der Waals surface area contributed by atoms with E-state index >= 15 is 0 Å². The summed E-state index contributed by atoms with van der Waals surface area (Å²) in [6.07, 6.45) is 0.828. The smallest absolute Gasteiger partial charge is 0.335 e. The van der Waals surface area contributed by atoms with E-state index < -0.39 is 5.97 Å². The Labute approximate surface area is 117 Å². The Morgan fingerprint density at radius 3 is 2.20 bits per heavy atom. The van der Waals surface area contributed by atoms with E-state index in [1.807, 2.05) is 31.2 Å². The molecule has 0 aliphatic rings. The number of carboxylic acid groups (broad SMARTS) is 1. The molecule has 0 fully saturated rings. The third kappa shape index (κ3) is 3.03. The second kappa shape index (κ2) is 6.02. The van der Waals surface area contributed by atoms with Crippen LogP contribution in [0.25, 0.3) is 0 Å². The van der Waals surface area contributed by atoms with E-state index in [9.17, 15) is 9.59 Å². The number of hydrogen-bond acceptors (Lipinski definition) is 2. The minimum atomic E-state index is -1.01. The van der Waals surface area contributed by atoms with Crippen molar-refractivity contribution in [3.8, 4) is 0 Å². The fourth-order valence-electron chi connectivity index (χ4n) is 1.91. The van der Waals surface area contributed by atoms with Gasteiger partial charge >= 0.3 is 5.97 Å². The molecule has 0 saturated carbocycles. The quantitative estimate of drug-likeness (QED) is 0.895. The molecule has 20 heavy (non-hydrogen) atoms. The van der Waals surface area contributed by atoms with Gasteiger partial charge < -0.3 is 10.4 Å². The number of rotatable bonds is 4. The highest BCUT2D eigenvalue weighted by Crippen LogP contribution is 2.16. The first-order valence-electron chi connectivity index (χ1n) is 6.34. The molecule has 4 heteroatoms. The van der Waals surface area contributed by atoms with Crippen LogP contribution < -0.4 is 5.32 Å². The summed E-state index contributed by atoms with van der Waals surface area (Å²) in [5.41, 5.74) is 2.43. The average Bonchev–Trinajstić information content (AvgIpc) is 2.48. The molecule has 1 amide bonds. The standard InChI is InChI=1S/C16H15NO3/c1-2-11-5-3-4-6-14(11)17-15(18)12-7-9-13(10-8-12)16(19)20/h3-10H,2H2,1H3,(H,17,18)(H,19,20). The number of anilines is 1. The Balaban J connectivity index is 2.17. The fourth-order valence-corrected chi connectivity index (χ4v) is 1.91. The van der Waals surface area contributed by atoms with Gasteiger partial charge in [-0.2, -0.15) is 0 Å². The van der Waals surface area contributed by atoms with Crippen LogP contribution in [0.3, 0.4) is 0 Å². The summed E-state index contributed by atoms with van der Waals surface area (Å²) in [7, 11) is 0. The lowest BCUT2D eigenvalue weighted by atomic mass is 10.1. The second-order valence-corrected chi connectivity index (χ2v) is 4.35. The normalized spacial score (nSPS) is 10.1. The Hall–Kier alpha value is -2.62. The Kier molecular flexibility index (Phi) is 4.15. The number of aryl methyl sites for hydroxylation is 1. The minimum absolute atomic E-state index is 0.163. The average molecular weight is 269 g/mol. The minimum Gasteiger partial charge on any atom is -0.478 e. The van der Waals surface area contributed by atoms with Crippen molar-refractivity contribution in [2.24, 2.45) is 0 Å². The lowest BCUT2D eigenvalue weighted by Crippen LogP contribution is -2.13. The van der Waals surface area contributed by atoms with Gasteiger partial charge in [-0.25, -0.2) is 4.79 Å². The highest BCUT2D eigenvalue weighted by atomic mass is 16.4. The summed E-state index contributed by atoms with van der Waals surface area (Å²) in [6, 6.07) is 13.5. The monoisotopic (exact) mass is 269 g/mol. The molecule has 4 nitrogen and oxygen atoms in total. The lowest BCUT2D eigenvalue weighted by Gasteiger charge is -2.09. The molecule has 2 aromatic rings. The SMILES string of the molecule is CCc1ccccc1NC(=O)c1ccc(C(=O)O)cc1. The molecule has 0 saturated heterocycles. The van der Waals surface area contributed by atoms with E-state index in [1.165, 1.54) is 24.3 Å². The van der Waals surface area contributed by atoms with Gasteiger partial charge in [-0.15, -0.1) is 0 Å². The van der Waals surface area contributed by atoms with Crippen LogP contribution in [0.2, 0.25) is 0 Å². The van der Waals surface area contributed by atoms with Crippen LogP contribution in [0.5, 0.6) is 0 Å². The molecular weight excluding hydrogens is 254 g/mol. The van der Waals surface area contributed by atoms with Gasteiger partial charge in [0.25, 0.3) is 5.91 Å². The van der Waals surface area contributed by atoms with Crippen molar-refractivity contribution in [1.29, 1.82) is 0 Å². The first kappa shape index (κ1) is 13.8. The van der Waals surface area contributed by atoms with Gasteiger partial charge in [0.2, 0.25) is 0 Å². The molecule has 0 radical (unpaired) electrons. The van der Waals surface area contributed by atoms with Gasteiger partial charge in [-0.3, -0.25) is 4.79 Å². The van der Waals surface area contributed by atoms with E-state index in [0.29, 0.717) is 5.56 Å². The first-order chi connectivity index (χ1) is 9.61. The van der Waals surface area contributed by atoms with E-state index in [4.69, 9.17) is 5.11 Å². The van der Waals surface area contributed by atoms with Crippen molar-refractivity contribution in [3.63, 3.8) is 0 Å². The van der Waals surface area contributed by atoms with Crippen LogP contribution in [0.1, 0.15) is 33.2 Å². The van der Waals surface area contributed by atoms with E-state index in [2.05, 4.69) is 5.32 Å². The molecule has 0 unspecified atom stereocenters. The maximum absolute atomic E-state index is 12.1. The van der Waals surface area contributed by atoms with Crippen LogP contribution in [0, 0.1) is 0 Å². The molecular formula is C16H15NO3. The second-order valence-electron chi connectivity index (χ2n) is 4.35. The maximum Gasteiger partial charge on any atom is 0.335 e. The van der Waals surface area contributed by atoms with Gasteiger partial charge in [0.15, 0.2) is 0 Å². The Bertz CT molecular complexity index is 632. The predicted octanol–water partition coefficient (Wildman–Crippen LogP) is 3.20. The van der Waals surface area contributed by atoms with Crippen LogP contribution >= 0.6 is 0 Å². The molecule has 0 aliphatic heterocycles. The zero-order valence-corrected chi connectivity index (χ0v) is 11.1. The number of carbonyl (C=O) groups excluding carboxylic acids is 1. The van der Waals surface area contributed by atoms with Crippen LogP contribution in [0.4, 0.5) is 5.69 Å². The zero-order chi connectivity index (χ0) is 14.5. The molecule has 0 atom stereocenters. The van der Waals surface area contributed by atoms with Crippen molar-refractivity contribution in [2.75, 3.05) is 5.32 Å². The predicted molar refractivity (Wildman–Crippen MR) is 77.2 cm³/mol. The molecule has 0 spiro atoms. The summed E-state index contributed by atoms with van der Waals surface area (Å²) in [5.74, 6) is -1.25. The highest BCUT2D eigenvalue weighted by Gasteiger charge is 2.09. The molecule has 0 bridgehead atoms. The summed E-state index contributed by atoms with van der Waals surface area (Å²) >= 11 is 0. The number of benzene rings is 2. The van der Waals surface area contributed by atoms with Crippen LogP contribution in [0.15, 0.2) is 48.5 Å². The summed E-state index contributed by atoms with van der Waals surface area (Å²) in [6.45, 7) is 2.02. The van der Waals surface area contributed by atoms with Gasteiger partial charge in [-0.05, 0) is 42.3 Å². The molecule has 2 rings (SSSR count). The summed E-state index contributed by atoms with van der Waals surface area (Å²) in [4.78, 5) is 22.9. The van der Waals surface area contributed by atoms with Gasteiger partial charge in [0, 0.05) is 11.3 Å². The fraction of sp³-hybridized carbons (Fsp3) is 0.125. The maximum atomic E-state index is 12.1. The number of para-hydroxylation sites is 1. The third-order valence-corrected chi connectivity index (χ3v) is 3.04. The number of carbonyl (C=O) groups is 2. The molecule has 102 valence electrons. The molecule has 0 aromatic heterocycles. The summed E-state index contributed by atoms with van der Waals surface area (Å²) < 4.78 is 0. The van der Waals surface area contributed by atoms with Crippen molar-refractivity contribution in [1.82, 2.24) is 0 Å². The van der Waals surface area contributed by atoms with Crippen molar-refractivity contribution in [3.05, 3.63) is 65.2 Å². The lowest BCUT2D eigenvalue weighted by molar-refractivity contribution is 0.0696. The number of amides is 1. The van der Waals surface area contributed by atoms with Gasteiger partial charge in [0.1, 0.15) is 0 Å². The van der Waals surface area contributed by atoms with Crippen molar-refractivity contribution >= 4 is 17.6 Å². The summed E-state index contributed by atoms with van der Waals surface area (Å²) in [5, 5.41) is 11.7. The van der Waals surface area contributed by atoms with Crippen LogP contribution in [-0.4, -0.2) is 17.0 Å². The van der Waals surface area contributed by atoms with Crippen LogP contribution in [-0.2, 0) is 6.42 Å². The first-order valence-corrected chi connectivity index (χ1v) is 6.34. The Morgan fingerprint density at radius 2 is 1.60 bits per heavy atom. The number of nitrogens with one attached hydrogen (secondary N) is 1.